The van der Waals surface area contributed by atoms with E-state index in [-0.39, 0.29) is 12.1 Å². The molecule has 1 fully saturated rings. The van der Waals surface area contributed by atoms with Gasteiger partial charge in [-0.25, -0.2) is 0 Å². The lowest BCUT2D eigenvalue weighted by Crippen LogP contribution is -2.59. The topological polar surface area (TPSA) is 41.3 Å². The van der Waals surface area contributed by atoms with Crippen molar-refractivity contribution < 1.29 is 13.2 Å². The molecule has 0 radical (unpaired) electrons. The molecule has 0 aliphatic heterocycles. The quantitative estimate of drug-likeness (QED) is 0.873. The predicted octanol–water partition coefficient (Wildman–Crippen LogP) is 2.87. The van der Waals surface area contributed by atoms with Crippen LogP contribution in [-0.4, -0.2) is 43.8 Å². The summed E-state index contributed by atoms with van der Waals surface area (Å²) in [6.07, 6.45) is -1.38. The number of hydrogen-bond acceptors (Lipinski definition) is 3. The Morgan fingerprint density at radius 2 is 1.65 bits per heavy atom. The predicted molar refractivity (Wildman–Crippen MR) is 86.1 cm³/mol. The van der Waals surface area contributed by atoms with E-state index in [2.05, 4.69) is 22.3 Å². The fraction of sp³-hybridized carbons (Fsp3) is 0.647. The maximum absolute atomic E-state index is 12.6. The number of nitrogens with one attached hydrogen (secondary N) is 1. The van der Waals surface area contributed by atoms with E-state index < -0.39 is 18.3 Å². The maximum Gasteiger partial charge on any atom is 0.401 e. The summed E-state index contributed by atoms with van der Waals surface area (Å²) in [5.74, 6) is 0. The largest absolute Gasteiger partial charge is 0.401 e. The van der Waals surface area contributed by atoms with E-state index >= 15 is 0 Å². The van der Waals surface area contributed by atoms with Gasteiger partial charge in [-0.1, -0.05) is 30.3 Å². The Balaban J connectivity index is 2.16. The van der Waals surface area contributed by atoms with Crippen LogP contribution in [0.15, 0.2) is 30.3 Å². The first-order chi connectivity index (χ1) is 10.7. The molecule has 1 aromatic carbocycles. The first-order valence-corrected chi connectivity index (χ1v) is 7.98. The number of alkyl halides is 3. The highest BCUT2D eigenvalue weighted by Gasteiger charge is 2.45. The summed E-state index contributed by atoms with van der Waals surface area (Å²) in [6.45, 7) is -0.758. The van der Waals surface area contributed by atoms with Gasteiger partial charge >= 0.3 is 6.18 Å². The van der Waals surface area contributed by atoms with Crippen LogP contribution in [0.2, 0.25) is 0 Å². The second-order valence-corrected chi connectivity index (χ2v) is 6.75. The molecule has 0 aromatic heterocycles. The number of halogens is 3. The van der Waals surface area contributed by atoms with Crippen molar-refractivity contribution in [1.29, 1.82) is 0 Å². The number of nitrogens with two attached hydrogens (primary N) is 1. The molecule has 6 heteroatoms. The fourth-order valence-electron chi connectivity index (χ4n) is 3.63. The van der Waals surface area contributed by atoms with Gasteiger partial charge in [0, 0.05) is 17.6 Å². The molecular formula is C17H26F3N3. The van der Waals surface area contributed by atoms with Crippen LogP contribution >= 0.6 is 0 Å². The van der Waals surface area contributed by atoms with Gasteiger partial charge in [-0.2, -0.15) is 13.2 Å². The number of rotatable bonds is 5. The van der Waals surface area contributed by atoms with E-state index in [4.69, 9.17) is 5.73 Å². The van der Waals surface area contributed by atoms with Crippen LogP contribution in [0, 0.1) is 0 Å². The maximum atomic E-state index is 12.6. The van der Waals surface area contributed by atoms with E-state index in [1.807, 2.05) is 32.3 Å². The van der Waals surface area contributed by atoms with Crippen molar-refractivity contribution in [1.82, 2.24) is 10.2 Å². The third kappa shape index (κ3) is 4.05. The molecule has 1 aliphatic rings. The normalized spacial score (nSPS) is 29.0. The second-order valence-electron chi connectivity index (χ2n) is 6.75. The molecular weight excluding hydrogens is 303 g/mol. The third-order valence-electron chi connectivity index (χ3n) is 5.26. The number of hydrogen-bond donors (Lipinski definition) is 2. The van der Waals surface area contributed by atoms with Crippen molar-refractivity contribution in [2.24, 2.45) is 5.73 Å². The molecule has 0 saturated heterocycles. The van der Waals surface area contributed by atoms with Gasteiger partial charge < -0.3 is 11.1 Å². The molecule has 0 heterocycles. The van der Waals surface area contributed by atoms with Crippen molar-refractivity contribution >= 4 is 0 Å². The SMILES string of the molecule is CN(C)C1(c2ccccc2)CCC(CN)(NCC(F)(F)F)CC1. The zero-order valence-electron chi connectivity index (χ0n) is 13.8. The molecule has 0 amide bonds. The van der Waals surface area contributed by atoms with Gasteiger partial charge in [0.05, 0.1) is 6.54 Å². The Morgan fingerprint density at radius 3 is 2.09 bits per heavy atom. The van der Waals surface area contributed by atoms with Crippen LogP contribution < -0.4 is 11.1 Å². The van der Waals surface area contributed by atoms with Crippen molar-refractivity contribution in [2.45, 2.75) is 42.9 Å². The molecule has 0 spiro atoms. The Bertz CT molecular complexity index is 492. The van der Waals surface area contributed by atoms with E-state index in [0.717, 1.165) is 12.8 Å². The van der Waals surface area contributed by atoms with Gasteiger partial charge in [0.2, 0.25) is 0 Å². The summed E-state index contributed by atoms with van der Waals surface area (Å²) >= 11 is 0. The molecule has 23 heavy (non-hydrogen) atoms. The minimum atomic E-state index is -4.21. The Labute approximate surface area is 136 Å². The van der Waals surface area contributed by atoms with Crippen LogP contribution in [0.25, 0.3) is 0 Å². The van der Waals surface area contributed by atoms with E-state index in [1.54, 1.807) is 0 Å². The highest BCUT2D eigenvalue weighted by Crippen LogP contribution is 2.44. The van der Waals surface area contributed by atoms with E-state index in [9.17, 15) is 13.2 Å². The van der Waals surface area contributed by atoms with Gasteiger partial charge in [0.25, 0.3) is 0 Å². The second kappa shape index (κ2) is 6.79. The minimum absolute atomic E-state index is 0.139. The first kappa shape index (κ1) is 18.2. The standard InChI is InChI=1S/C17H26F3N3/c1-23(2)16(14-6-4-3-5-7-14)10-8-15(12-21,9-11-16)22-13-17(18,19)20/h3-7,22H,8-13,21H2,1-2H3. The highest BCUT2D eigenvalue weighted by atomic mass is 19.4. The lowest BCUT2D eigenvalue weighted by atomic mass is 9.68. The molecule has 0 bridgehead atoms. The fourth-order valence-corrected chi connectivity index (χ4v) is 3.63. The lowest BCUT2D eigenvalue weighted by Gasteiger charge is -2.50. The van der Waals surface area contributed by atoms with Crippen LogP contribution in [0.4, 0.5) is 13.2 Å². The van der Waals surface area contributed by atoms with Gasteiger partial charge in [-0.05, 0) is 45.3 Å². The molecule has 0 unspecified atom stereocenters. The zero-order chi connectivity index (χ0) is 17.1. The number of nitrogens with zero attached hydrogens (tertiary/aromatic N) is 1. The minimum Gasteiger partial charge on any atom is -0.329 e. The van der Waals surface area contributed by atoms with Crippen molar-refractivity contribution in [3.05, 3.63) is 35.9 Å². The third-order valence-corrected chi connectivity index (χ3v) is 5.26. The molecule has 1 saturated carbocycles. The molecule has 3 nitrogen and oxygen atoms in total. The monoisotopic (exact) mass is 329 g/mol. The lowest BCUT2D eigenvalue weighted by molar-refractivity contribution is -0.130. The molecule has 130 valence electrons. The van der Waals surface area contributed by atoms with Crippen LogP contribution in [0.1, 0.15) is 31.2 Å². The summed E-state index contributed by atoms with van der Waals surface area (Å²) in [6, 6.07) is 10.2. The molecule has 2 rings (SSSR count). The summed E-state index contributed by atoms with van der Waals surface area (Å²) in [5, 5.41) is 2.68. The van der Waals surface area contributed by atoms with Crippen molar-refractivity contribution in [3.63, 3.8) is 0 Å². The van der Waals surface area contributed by atoms with Crippen LogP contribution in [-0.2, 0) is 5.54 Å². The van der Waals surface area contributed by atoms with Crippen molar-refractivity contribution in [3.8, 4) is 0 Å². The van der Waals surface area contributed by atoms with Crippen molar-refractivity contribution in [2.75, 3.05) is 27.2 Å². The molecule has 1 aromatic rings. The van der Waals surface area contributed by atoms with Gasteiger partial charge in [-0.15, -0.1) is 0 Å². The Hall–Kier alpha value is -1.11. The molecule has 3 N–H and O–H groups in total. The molecule has 0 atom stereocenters. The van der Waals surface area contributed by atoms with Crippen LogP contribution in [0.5, 0.6) is 0 Å². The summed E-state index contributed by atoms with van der Waals surface area (Å²) < 4.78 is 37.7. The summed E-state index contributed by atoms with van der Waals surface area (Å²) in [4.78, 5) is 2.19. The molecule has 1 aliphatic carbocycles. The summed E-state index contributed by atoms with van der Waals surface area (Å²) in [5.41, 5.74) is 6.28. The van der Waals surface area contributed by atoms with Gasteiger partial charge in [0.15, 0.2) is 0 Å². The summed E-state index contributed by atoms with van der Waals surface area (Å²) in [7, 11) is 4.07. The van der Waals surface area contributed by atoms with E-state index in [0.29, 0.717) is 12.8 Å². The van der Waals surface area contributed by atoms with Gasteiger partial charge in [0.1, 0.15) is 0 Å². The smallest absolute Gasteiger partial charge is 0.329 e. The average Bonchev–Trinajstić information content (AvgIpc) is 2.53. The van der Waals surface area contributed by atoms with E-state index in [1.165, 1.54) is 5.56 Å². The highest BCUT2D eigenvalue weighted by molar-refractivity contribution is 5.26. The first-order valence-electron chi connectivity index (χ1n) is 7.98. The Kier molecular flexibility index (Phi) is 5.38. The van der Waals surface area contributed by atoms with Crippen LogP contribution in [0.3, 0.4) is 0 Å². The average molecular weight is 329 g/mol. The van der Waals surface area contributed by atoms with Gasteiger partial charge in [-0.3, -0.25) is 4.90 Å². The zero-order valence-corrected chi connectivity index (χ0v) is 13.8. The Morgan fingerprint density at radius 1 is 1.09 bits per heavy atom. The number of benzene rings is 1.